The van der Waals surface area contributed by atoms with Gasteiger partial charge in [0.15, 0.2) is 0 Å². The number of carbonyl (C=O) groups is 3. The summed E-state index contributed by atoms with van der Waals surface area (Å²) in [4.78, 5) is 44.8. The van der Waals surface area contributed by atoms with Gasteiger partial charge in [-0.2, -0.15) is 0 Å². The second kappa shape index (κ2) is 24.9. The summed E-state index contributed by atoms with van der Waals surface area (Å²) < 4.78 is 17.5. The maximum Gasteiger partial charge on any atom is 0.312 e. The number of carbonyl (C=O) groups excluding carboxylic acids is 3. The van der Waals surface area contributed by atoms with E-state index in [0.29, 0.717) is 31.5 Å². The first-order chi connectivity index (χ1) is 25.6. The molecule has 8 heteroatoms. The van der Waals surface area contributed by atoms with E-state index in [2.05, 4.69) is 65.2 Å². The van der Waals surface area contributed by atoms with E-state index in [1.165, 1.54) is 51.4 Å². The van der Waals surface area contributed by atoms with Crippen molar-refractivity contribution in [3.63, 3.8) is 0 Å². The van der Waals surface area contributed by atoms with Gasteiger partial charge in [-0.25, -0.2) is 0 Å². The second-order valence-electron chi connectivity index (χ2n) is 18.0. The van der Waals surface area contributed by atoms with Crippen LogP contribution in [0.15, 0.2) is 30.3 Å². The molecule has 0 N–H and O–H groups in total. The molecule has 0 saturated carbocycles. The van der Waals surface area contributed by atoms with Gasteiger partial charge in [0.2, 0.25) is 0 Å². The zero-order valence-electron chi connectivity index (χ0n) is 36.3. The van der Waals surface area contributed by atoms with E-state index in [4.69, 9.17) is 14.2 Å². The number of unbranched alkanes of at least 4 members (excludes halogenated alkanes) is 4. The molecule has 54 heavy (non-hydrogen) atoms. The number of hydrogen-bond donors (Lipinski definition) is 0. The van der Waals surface area contributed by atoms with Gasteiger partial charge in [-0.1, -0.05) is 111 Å². The Morgan fingerprint density at radius 3 is 2.02 bits per heavy atom. The molecular formula is C46H80N2O6. The van der Waals surface area contributed by atoms with Crippen LogP contribution in [0.5, 0.6) is 0 Å². The molecule has 1 aliphatic rings. The Bertz CT molecular complexity index is 1200. The van der Waals surface area contributed by atoms with Gasteiger partial charge in [0, 0.05) is 19.6 Å². The van der Waals surface area contributed by atoms with E-state index in [-0.39, 0.29) is 36.4 Å². The van der Waals surface area contributed by atoms with Crippen molar-refractivity contribution in [2.24, 2.45) is 40.4 Å². The lowest BCUT2D eigenvalue weighted by atomic mass is 9.72. The number of nitrogens with zero attached hydrogens (tertiary/aromatic N) is 2. The lowest BCUT2D eigenvalue weighted by molar-refractivity contribution is -0.170. The van der Waals surface area contributed by atoms with E-state index in [9.17, 15) is 14.4 Å². The largest absolute Gasteiger partial charge is 0.464 e. The number of benzene rings is 1. The van der Waals surface area contributed by atoms with Crippen LogP contribution >= 0.6 is 0 Å². The van der Waals surface area contributed by atoms with E-state index in [1.807, 2.05) is 37.3 Å². The van der Waals surface area contributed by atoms with Crippen LogP contribution in [0, 0.1) is 40.4 Å². The molecule has 1 aromatic carbocycles. The zero-order valence-corrected chi connectivity index (χ0v) is 36.3. The second-order valence-corrected chi connectivity index (χ2v) is 18.0. The quantitative estimate of drug-likeness (QED) is 0.0499. The van der Waals surface area contributed by atoms with Gasteiger partial charge in [-0.15, -0.1) is 0 Å². The lowest BCUT2D eigenvalue weighted by Gasteiger charge is -2.35. The third-order valence-electron chi connectivity index (χ3n) is 12.0. The maximum atomic E-state index is 13.6. The normalized spacial score (nSPS) is 18.1. The highest BCUT2D eigenvalue weighted by molar-refractivity contribution is 5.85. The molecule has 0 bridgehead atoms. The summed E-state index contributed by atoms with van der Waals surface area (Å²) in [6.07, 6.45) is 12.3. The van der Waals surface area contributed by atoms with E-state index in [0.717, 1.165) is 57.7 Å². The van der Waals surface area contributed by atoms with Crippen LogP contribution in [0.25, 0.3) is 0 Å². The fourth-order valence-electron chi connectivity index (χ4n) is 8.12. The van der Waals surface area contributed by atoms with Gasteiger partial charge in [0.1, 0.15) is 19.8 Å². The Balaban J connectivity index is 1.77. The van der Waals surface area contributed by atoms with E-state index in [1.54, 1.807) is 6.92 Å². The average molecular weight is 757 g/mol. The summed E-state index contributed by atoms with van der Waals surface area (Å²) in [5.41, 5.74) is -0.465. The Morgan fingerprint density at radius 1 is 0.778 bits per heavy atom. The Labute approximate surface area is 330 Å². The summed E-state index contributed by atoms with van der Waals surface area (Å²) in [6.45, 7) is 27.4. The molecule has 0 radical (unpaired) electrons. The standard InChI is InChI=1S/C46H80N2O6/c1-11-12-18-25-47(28-30-52-43(50)45(9,38(6)7)32-36(2)3)26-19-14-17-21-40-24-20-27-48(34-40)29-31-53-44(51)46(10,33-37(4)5)39(8)42(49)54-35-41-22-15-13-16-23-41/h13,15-16,22-23,36-40H,11-12,14,17-21,24-35H2,1-10H3. The molecule has 1 aromatic rings. The minimum absolute atomic E-state index is 0.0460. The number of likely N-dealkylation sites (tertiary alicyclic amines) is 1. The molecule has 1 aliphatic heterocycles. The SMILES string of the molecule is CCCCCN(CCCCCC1CCCN(CCOC(=O)C(C)(CC(C)C)C(C)C(=O)OCc2ccccc2)C1)CCOC(=O)C(C)(CC(C)C)C(C)C. The van der Waals surface area contributed by atoms with Crippen molar-refractivity contribution in [1.82, 2.24) is 9.80 Å². The van der Waals surface area contributed by atoms with Crippen LogP contribution in [0.1, 0.15) is 145 Å². The molecule has 2 rings (SSSR count). The van der Waals surface area contributed by atoms with Crippen molar-refractivity contribution in [2.45, 2.75) is 146 Å². The summed E-state index contributed by atoms with van der Waals surface area (Å²) in [7, 11) is 0. The minimum atomic E-state index is -0.953. The molecule has 310 valence electrons. The van der Waals surface area contributed by atoms with Crippen LogP contribution in [-0.2, 0) is 35.2 Å². The monoisotopic (exact) mass is 757 g/mol. The molecule has 0 aliphatic carbocycles. The van der Waals surface area contributed by atoms with Crippen molar-refractivity contribution in [3.8, 4) is 0 Å². The molecule has 4 unspecified atom stereocenters. The zero-order chi connectivity index (χ0) is 40.1. The molecule has 1 saturated heterocycles. The van der Waals surface area contributed by atoms with Gasteiger partial charge in [0.05, 0.1) is 16.7 Å². The molecule has 1 fully saturated rings. The molecule has 0 spiro atoms. The van der Waals surface area contributed by atoms with Crippen LogP contribution in [0.4, 0.5) is 0 Å². The van der Waals surface area contributed by atoms with E-state index >= 15 is 0 Å². The summed E-state index contributed by atoms with van der Waals surface area (Å²) >= 11 is 0. The topological polar surface area (TPSA) is 85.4 Å². The lowest BCUT2D eigenvalue weighted by Crippen LogP contribution is -2.43. The van der Waals surface area contributed by atoms with Crippen molar-refractivity contribution in [3.05, 3.63) is 35.9 Å². The number of rotatable bonds is 27. The molecule has 8 nitrogen and oxygen atoms in total. The van der Waals surface area contributed by atoms with Gasteiger partial charge < -0.3 is 14.2 Å². The van der Waals surface area contributed by atoms with Gasteiger partial charge in [0.25, 0.3) is 0 Å². The average Bonchev–Trinajstić information content (AvgIpc) is 3.12. The van der Waals surface area contributed by atoms with Crippen molar-refractivity contribution in [2.75, 3.05) is 52.5 Å². The first kappa shape index (κ1) is 47.7. The highest BCUT2D eigenvalue weighted by atomic mass is 16.5. The Hall–Kier alpha value is -2.45. The highest BCUT2D eigenvalue weighted by Crippen LogP contribution is 2.37. The highest BCUT2D eigenvalue weighted by Gasteiger charge is 2.45. The van der Waals surface area contributed by atoms with Crippen molar-refractivity contribution >= 4 is 17.9 Å². The number of piperidine rings is 1. The van der Waals surface area contributed by atoms with Gasteiger partial charge in [-0.3, -0.25) is 24.2 Å². The van der Waals surface area contributed by atoms with E-state index < -0.39 is 16.7 Å². The molecule has 4 atom stereocenters. The Morgan fingerprint density at radius 2 is 1.39 bits per heavy atom. The summed E-state index contributed by atoms with van der Waals surface area (Å²) in [5.74, 6) is 0.257. The van der Waals surface area contributed by atoms with Crippen LogP contribution < -0.4 is 0 Å². The molecular weight excluding hydrogens is 677 g/mol. The summed E-state index contributed by atoms with van der Waals surface area (Å²) in [6, 6.07) is 9.62. The van der Waals surface area contributed by atoms with Crippen LogP contribution in [0.3, 0.4) is 0 Å². The van der Waals surface area contributed by atoms with Crippen molar-refractivity contribution < 1.29 is 28.6 Å². The van der Waals surface area contributed by atoms with Crippen LogP contribution in [0.2, 0.25) is 0 Å². The first-order valence-electron chi connectivity index (χ1n) is 21.6. The third-order valence-corrected chi connectivity index (χ3v) is 12.0. The number of esters is 3. The predicted molar refractivity (Wildman–Crippen MR) is 221 cm³/mol. The fourth-order valence-corrected chi connectivity index (χ4v) is 8.12. The minimum Gasteiger partial charge on any atom is -0.464 e. The maximum absolute atomic E-state index is 13.6. The third kappa shape index (κ3) is 16.7. The summed E-state index contributed by atoms with van der Waals surface area (Å²) in [5, 5.41) is 0. The van der Waals surface area contributed by atoms with Crippen molar-refractivity contribution in [1.29, 1.82) is 0 Å². The number of hydrogen-bond acceptors (Lipinski definition) is 8. The first-order valence-corrected chi connectivity index (χ1v) is 21.6. The van der Waals surface area contributed by atoms with Crippen LogP contribution in [-0.4, -0.2) is 80.2 Å². The smallest absolute Gasteiger partial charge is 0.312 e. The van der Waals surface area contributed by atoms with Gasteiger partial charge >= 0.3 is 17.9 Å². The predicted octanol–water partition coefficient (Wildman–Crippen LogP) is 9.98. The molecule has 0 aromatic heterocycles. The fraction of sp³-hybridized carbons (Fsp3) is 0.804. The Kier molecular flexibility index (Phi) is 22.0. The molecule has 1 heterocycles. The van der Waals surface area contributed by atoms with Gasteiger partial charge in [-0.05, 0) is 108 Å². The molecule has 0 amide bonds. The number of ether oxygens (including phenoxy) is 3.